The number of hydrogen-bond acceptors (Lipinski definition) is 6. The molecule has 0 aliphatic rings. The van der Waals surface area contributed by atoms with Gasteiger partial charge in [0, 0.05) is 30.8 Å². The van der Waals surface area contributed by atoms with Crippen molar-refractivity contribution in [3.63, 3.8) is 0 Å². The Balaban J connectivity index is 2.38. The number of aromatic hydroxyl groups is 2. The quantitative estimate of drug-likeness (QED) is 0.462. The molecule has 0 radical (unpaired) electrons. The molecule has 0 unspecified atom stereocenters. The van der Waals surface area contributed by atoms with Gasteiger partial charge in [0.25, 0.3) is 0 Å². The Hall–Kier alpha value is -2.96. The van der Waals surface area contributed by atoms with E-state index in [1.807, 2.05) is 17.0 Å². The van der Waals surface area contributed by atoms with Gasteiger partial charge < -0.3 is 24.8 Å². The highest BCUT2D eigenvalue weighted by Gasteiger charge is 2.17. The molecule has 2 aromatic carbocycles. The van der Waals surface area contributed by atoms with Gasteiger partial charge in [0.2, 0.25) is 0 Å². The van der Waals surface area contributed by atoms with Crippen molar-refractivity contribution in [1.29, 1.82) is 0 Å². The molecule has 0 aliphatic heterocycles. The molecule has 0 fully saturated rings. The Morgan fingerprint density at radius 3 is 1.60 bits per heavy atom. The van der Waals surface area contributed by atoms with Crippen molar-refractivity contribution in [2.75, 3.05) is 27.4 Å². The number of phenols is 2. The summed E-state index contributed by atoms with van der Waals surface area (Å²) in [6.45, 7) is 8.56. The fourth-order valence-corrected chi connectivity index (χ4v) is 3.42. The Morgan fingerprint density at radius 2 is 1.27 bits per heavy atom. The van der Waals surface area contributed by atoms with Crippen LogP contribution in [0.2, 0.25) is 0 Å². The van der Waals surface area contributed by atoms with Gasteiger partial charge in [-0.2, -0.15) is 0 Å². The summed E-state index contributed by atoms with van der Waals surface area (Å²) < 4.78 is 10.6. The zero-order chi connectivity index (χ0) is 22.1. The highest BCUT2D eigenvalue weighted by Crippen LogP contribution is 2.35. The first kappa shape index (κ1) is 23.3. The predicted octanol–water partition coefficient (Wildman–Crippen LogP) is 3.57. The molecule has 162 valence electrons. The van der Waals surface area contributed by atoms with Crippen molar-refractivity contribution in [1.82, 2.24) is 4.90 Å². The second kappa shape index (κ2) is 11.3. The van der Waals surface area contributed by atoms with Crippen LogP contribution >= 0.6 is 0 Å². The highest BCUT2D eigenvalue weighted by molar-refractivity contribution is 5.50. The van der Waals surface area contributed by atoms with Crippen LogP contribution in [0.3, 0.4) is 0 Å². The largest absolute Gasteiger partial charge is 0.504 e. The number of nitrogens with zero attached hydrogens (tertiary/aromatic N) is 1. The number of benzene rings is 2. The van der Waals surface area contributed by atoms with Gasteiger partial charge in [0.1, 0.15) is 0 Å². The number of phenolic OH excluding ortho intramolecular Hbond substituents is 2. The number of rotatable bonds is 12. The molecule has 0 heterocycles. The van der Waals surface area contributed by atoms with Gasteiger partial charge in [0.15, 0.2) is 23.0 Å². The molecule has 3 N–H and O–H groups in total. The number of allylic oxidation sites excluding steroid dienone is 2. The minimum Gasteiger partial charge on any atom is -0.504 e. The van der Waals surface area contributed by atoms with Gasteiger partial charge >= 0.3 is 0 Å². The SMILES string of the molecule is C=CCc1cc(CN(CCO)Cc2cc(CC=C)cc(OC)c2O)c(O)c(OC)c1. The molecule has 0 atom stereocenters. The Bertz CT molecular complexity index is 809. The van der Waals surface area contributed by atoms with Gasteiger partial charge in [-0.25, -0.2) is 0 Å². The maximum absolute atomic E-state index is 10.6. The van der Waals surface area contributed by atoms with E-state index in [0.717, 1.165) is 11.1 Å². The van der Waals surface area contributed by atoms with Crippen LogP contribution in [0, 0.1) is 0 Å². The van der Waals surface area contributed by atoms with Crippen molar-refractivity contribution < 1.29 is 24.8 Å². The van der Waals surface area contributed by atoms with Crippen LogP contribution in [0.4, 0.5) is 0 Å². The van der Waals surface area contributed by atoms with E-state index in [1.54, 1.807) is 24.3 Å². The van der Waals surface area contributed by atoms with E-state index < -0.39 is 0 Å². The lowest BCUT2D eigenvalue weighted by molar-refractivity contribution is 0.181. The Labute approximate surface area is 178 Å². The van der Waals surface area contributed by atoms with Crippen LogP contribution < -0.4 is 9.47 Å². The first-order valence-electron chi connectivity index (χ1n) is 9.79. The fraction of sp³-hybridized carbons (Fsp3) is 0.333. The lowest BCUT2D eigenvalue weighted by atomic mass is 10.0. The minimum absolute atomic E-state index is 0.0610. The molecular formula is C24H31NO5. The highest BCUT2D eigenvalue weighted by atomic mass is 16.5. The lowest BCUT2D eigenvalue weighted by Gasteiger charge is -2.24. The van der Waals surface area contributed by atoms with E-state index in [4.69, 9.17) is 9.47 Å². The monoisotopic (exact) mass is 413 g/mol. The lowest BCUT2D eigenvalue weighted by Crippen LogP contribution is -2.26. The number of aliphatic hydroxyl groups excluding tert-OH is 1. The molecular weight excluding hydrogens is 382 g/mol. The maximum atomic E-state index is 10.6. The third-order valence-electron chi connectivity index (χ3n) is 4.83. The van der Waals surface area contributed by atoms with E-state index in [1.165, 1.54) is 14.2 Å². The standard InChI is InChI=1S/C24H31NO5/c1-5-7-17-11-19(23(27)21(13-17)29-3)15-25(9-10-26)16-20-12-18(8-6-2)14-22(30-4)24(20)28/h5-6,11-14,26-28H,1-2,7-10,15-16H2,3-4H3. The summed E-state index contributed by atoms with van der Waals surface area (Å²) in [6.07, 6.45) is 4.86. The van der Waals surface area contributed by atoms with Crippen LogP contribution in [-0.2, 0) is 25.9 Å². The molecule has 0 bridgehead atoms. The van der Waals surface area contributed by atoms with Crippen LogP contribution in [0.15, 0.2) is 49.6 Å². The molecule has 30 heavy (non-hydrogen) atoms. The van der Waals surface area contributed by atoms with Crippen LogP contribution in [-0.4, -0.2) is 47.6 Å². The average molecular weight is 414 g/mol. The van der Waals surface area contributed by atoms with Crippen molar-refractivity contribution in [3.8, 4) is 23.0 Å². The molecule has 0 aromatic heterocycles. The first-order valence-corrected chi connectivity index (χ1v) is 9.79. The van der Waals surface area contributed by atoms with Crippen LogP contribution in [0.5, 0.6) is 23.0 Å². The van der Waals surface area contributed by atoms with Gasteiger partial charge in [-0.05, 0) is 36.1 Å². The number of methoxy groups -OCH3 is 2. The second-order valence-corrected chi connectivity index (χ2v) is 7.03. The van der Waals surface area contributed by atoms with Crippen LogP contribution in [0.25, 0.3) is 0 Å². The van der Waals surface area contributed by atoms with E-state index in [-0.39, 0.29) is 18.1 Å². The number of ether oxygens (including phenoxy) is 2. The van der Waals surface area contributed by atoms with Crippen molar-refractivity contribution in [2.45, 2.75) is 25.9 Å². The number of aliphatic hydroxyl groups is 1. The summed E-state index contributed by atoms with van der Waals surface area (Å²) in [5.74, 6) is 0.919. The predicted molar refractivity (Wildman–Crippen MR) is 118 cm³/mol. The van der Waals surface area contributed by atoms with Crippen molar-refractivity contribution >= 4 is 0 Å². The summed E-state index contributed by atoms with van der Waals surface area (Å²) in [5, 5.41) is 30.8. The zero-order valence-electron chi connectivity index (χ0n) is 17.7. The summed E-state index contributed by atoms with van der Waals surface area (Å²) in [4.78, 5) is 1.94. The van der Waals surface area contributed by atoms with E-state index in [0.29, 0.717) is 55.1 Å². The van der Waals surface area contributed by atoms with Gasteiger partial charge in [-0.15, -0.1) is 13.2 Å². The molecule has 2 rings (SSSR count). The zero-order valence-corrected chi connectivity index (χ0v) is 17.7. The molecule has 2 aromatic rings. The Morgan fingerprint density at radius 1 is 0.833 bits per heavy atom. The molecule has 6 nitrogen and oxygen atoms in total. The van der Waals surface area contributed by atoms with Gasteiger partial charge in [0.05, 0.1) is 20.8 Å². The number of hydrogen-bond donors (Lipinski definition) is 3. The van der Waals surface area contributed by atoms with E-state index >= 15 is 0 Å². The van der Waals surface area contributed by atoms with Gasteiger partial charge in [-0.3, -0.25) is 4.90 Å². The van der Waals surface area contributed by atoms with Crippen molar-refractivity contribution in [3.05, 3.63) is 71.8 Å². The Kier molecular flexibility index (Phi) is 8.77. The van der Waals surface area contributed by atoms with Gasteiger partial charge in [-0.1, -0.05) is 24.3 Å². The summed E-state index contributed by atoms with van der Waals surface area (Å²) >= 11 is 0. The smallest absolute Gasteiger partial charge is 0.162 e. The third-order valence-corrected chi connectivity index (χ3v) is 4.83. The molecule has 0 saturated carbocycles. The summed E-state index contributed by atoms with van der Waals surface area (Å²) in [7, 11) is 3.02. The summed E-state index contributed by atoms with van der Waals surface area (Å²) in [5.41, 5.74) is 3.29. The molecule has 0 spiro atoms. The topological polar surface area (TPSA) is 82.4 Å². The van der Waals surface area contributed by atoms with Crippen molar-refractivity contribution in [2.24, 2.45) is 0 Å². The normalized spacial score (nSPS) is 10.8. The molecule has 6 heteroatoms. The first-order chi connectivity index (χ1) is 14.5. The maximum Gasteiger partial charge on any atom is 0.162 e. The average Bonchev–Trinajstić information content (AvgIpc) is 2.73. The molecule has 0 aliphatic carbocycles. The van der Waals surface area contributed by atoms with E-state index in [2.05, 4.69) is 13.2 Å². The van der Waals surface area contributed by atoms with E-state index in [9.17, 15) is 15.3 Å². The molecule has 0 saturated heterocycles. The molecule has 0 amide bonds. The fourth-order valence-electron chi connectivity index (χ4n) is 3.42. The second-order valence-electron chi connectivity index (χ2n) is 7.03. The summed E-state index contributed by atoms with van der Waals surface area (Å²) in [6, 6.07) is 7.37. The third kappa shape index (κ3) is 5.78. The van der Waals surface area contributed by atoms with Crippen LogP contribution in [0.1, 0.15) is 22.3 Å². The minimum atomic E-state index is -0.0610.